The Hall–Kier alpha value is -1.06. The SMILES string of the molecule is Cc1ccsc1C(O)c1ccoc1C. The summed E-state index contributed by atoms with van der Waals surface area (Å²) in [6.45, 7) is 3.87. The van der Waals surface area contributed by atoms with E-state index in [1.165, 1.54) is 0 Å². The predicted octanol–water partition coefficient (Wildman–Crippen LogP) is 3.04. The fourth-order valence-corrected chi connectivity index (χ4v) is 2.41. The van der Waals surface area contributed by atoms with E-state index in [1.807, 2.05) is 31.4 Å². The van der Waals surface area contributed by atoms with Crippen LogP contribution in [-0.4, -0.2) is 5.11 Å². The lowest BCUT2D eigenvalue weighted by Gasteiger charge is -2.08. The van der Waals surface area contributed by atoms with Crippen molar-refractivity contribution >= 4 is 11.3 Å². The summed E-state index contributed by atoms with van der Waals surface area (Å²) in [7, 11) is 0. The van der Waals surface area contributed by atoms with Crippen molar-refractivity contribution < 1.29 is 9.52 Å². The van der Waals surface area contributed by atoms with E-state index in [0.29, 0.717) is 0 Å². The standard InChI is InChI=1S/C11H12O2S/c1-7-4-6-14-11(7)10(12)9-3-5-13-8(9)2/h3-6,10,12H,1-2H3. The molecule has 0 amide bonds. The Morgan fingerprint density at radius 2 is 2.14 bits per heavy atom. The maximum absolute atomic E-state index is 10.1. The van der Waals surface area contributed by atoms with E-state index in [4.69, 9.17) is 4.42 Å². The van der Waals surface area contributed by atoms with Gasteiger partial charge in [-0.3, -0.25) is 0 Å². The molecule has 3 heteroatoms. The maximum atomic E-state index is 10.1. The normalized spacial score (nSPS) is 13.1. The molecule has 0 aromatic carbocycles. The number of aliphatic hydroxyl groups excluding tert-OH is 1. The van der Waals surface area contributed by atoms with Gasteiger partial charge in [0, 0.05) is 10.4 Å². The first-order chi connectivity index (χ1) is 6.70. The number of rotatable bonds is 2. The lowest BCUT2D eigenvalue weighted by atomic mass is 10.1. The molecule has 1 N–H and O–H groups in total. The van der Waals surface area contributed by atoms with Crippen LogP contribution in [0, 0.1) is 13.8 Å². The first kappa shape index (κ1) is 9.49. The zero-order valence-corrected chi connectivity index (χ0v) is 8.97. The van der Waals surface area contributed by atoms with Gasteiger partial charge in [0.05, 0.1) is 6.26 Å². The highest BCUT2D eigenvalue weighted by Gasteiger charge is 2.17. The number of aliphatic hydroxyl groups is 1. The molecule has 0 radical (unpaired) electrons. The Morgan fingerprint density at radius 3 is 2.64 bits per heavy atom. The molecule has 0 bridgehead atoms. The predicted molar refractivity (Wildman–Crippen MR) is 56.6 cm³/mol. The monoisotopic (exact) mass is 208 g/mol. The third-order valence-corrected chi connectivity index (χ3v) is 3.41. The molecule has 0 spiro atoms. The van der Waals surface area contributed by atoms with Crippen LogP contribution in [0.2, 0.25) is 0 Å². The van der Waals surface area contributed by atoms with Crippen molar-refractivity contribution in [3.63, 3.8) is 0 Å². The van der Waals surface area contributed by atoms with Crippen LogP contribution in [0.4, 0.5) is 0 Å². The largest absolute Gasteiger partial charge is 0.469 e. The molecule has 0 saturated carbocycles. The summed E-state index contributed by atoms with van der Waals surface area (Å²) in [5.41, 5.74) is 1.98. The van der Waals surface area contributed by atoms with Gasteiger partial charge in [-0.15, -0.1) is 11.3 Å². The smallest absolute Gasteiger partial charge is 0.117 e. The zero-order valence-electron chi connectivity index (χ0n) is 8.15. The minimum Gasteiger partial charge on any atom is -0.469 e. The van der Waals surface area contributed by atoms with Crippen molar-refractivity contribution in [1.82, 2.24) is 0 Å². The molecule has 2 aromatic heterocycles. The highest BCUT2D eigenvalue weighted by Crippen LogP contribution is 2.31. The Labute approximate surface area is 86.8 Å². The Morgan fingerprint density at radius 1 is 1.36 bits per heavy atom. The van der Waals surface area contributed by atoms with Gasteiger partial charge in [0.15, 0.2) is 0 Å². The molecular weight excluding hydrogens is 196 g/mol. The number of furan rings is 1. The van der Waals surface area contributed by atoms with Crippen LogP contribution in [0.1, 0.15) is 27.9 Å². The summed E-state index contributed by atoms with van der Waals surface area (Å²) in [6.07, 6.45) is 1.06. The van der Waals surface area contributed by atoms with E-state index >= 15 is 0 Å². The van der Waals surface area contributed by atoms with Gasteiger partial charge >= 0.3 is 0 Å². The first-order valence-electron chi connectivity index (χ1n) is 4.46. The Kier molecular flexibility index (Phi) is 2.44. The molecule has 1 atom stereocenters. The molecule has 2 aromatic rings. The number of thiophene rings is 1. The Bertz CT molecular complexity index is 388. The van der Waals surface area contributed by atoms with Crippen molar-refractivity contribution in [2.75, 3.05) is 0 Å². The van der Waals surface area contributed by atoms with Crippen LogP contribution in [0.25, 0.3) is 0 Å². The second-order valence-corrected chi connectivity index (χ2v) is 4.25. The molecule has 1 unspecified atom stereocenters. The molecule has 2 heterocycles. The van der Waals surface area contributed by atoms with Gasteiger partial charge in [-0.1, -0.05) is 0 Å². The number of hydrogen-bond acceptors (Lipinski definition) is 3. The molecule has 0 saturated heterocycles. The average Bonchev–Trinajstić information content (AvgIpc) is 2.73. The molecule has 74 valence electrons. The minimum absolute atomic E-state index is 0.547. The lowest BCUT2D eigenvalue weighted by molar-refractivity contribution is 0.221. The first-order valence-corrected chi connectivity index (χ1v) is 5.34. The minimum atomic E-state index is -0.547. The van der Waals surface area contributed by atoms with Crippen LogP contribution in [0.3, 0.4) is 0 Å². The molecule has 2 nitrogen and oxygen atoms in total. The van der Waals surface area contributed by atoms with Crippen LogP contribution in [0.15, 0.2) is 28.2 Å². The van der Waals surface area contributed by atoms with Crippen molar-refractivity contribution in [3.05, 3.63) is 45.5 Å². The summed E-state index contributed by atoms with van der Waals surface area (Å²) in [6, 6.07) is 3.83. The van der Waals surface area contributed by atoms with Crippen LogP contribution >= 0.6 is 11.3 Å². The summed E-state index contributed by atoms with van der Waals surface area (Å²) in [5.74, 6) is 0.783. The van der Waals surface area contributed by atoms with Gasteiger partial charge in [0.2, 0.25) is 0 Å². The second-order valence-electron chi connectivity index (χ2n) is 3.30. The fraction of sp³-hybridized carbons (Fsp3) is 0.273. The van der Waals surface area contributed by atoms with Gasteiger partial charge in [-0.25, -0.2) is 0 Å². The van der Waals surface area contributed by atoms with Crippen molar-refractivity contribution in [1.29, 1.82) is 0 Å². The van der Waals surface area contributed by atoms with E-state index in [-0.39, 0.29) is 0 Å². The van der Waals surface area contributed by atoms with Gasteiger partial charge in [0.25, 0.3) is 0 Å². The van der Waals surface area contributed by atoms with Gasteiger partial charge in [-0.05, 0) is 36.9 Å². The highest BCUT2D eigenvalue weighted by atomic mass is 32.1. The molecule has 0 aliphatic rings. The number of aryl methyl sites for hydroxylation is 2. The van der Waals surface area contributed by atoms with E-state index in [1.54, 1.807) is 17.6 Å². The molecule has 0 fully saturated rings. The third-order valence-electron chi connectivity index (χ3n) is 2.34. The van der Waals surface area contributed by atoms with Crippen LogP contribution in [0.5, 0.6) is 0 Å². The summed E-state index contributed by atoms with van der Waals surface area (Å²) >= 11 is 1.57. The van der Waals surface area contributed by atoms with Crippen LogP contribution < -0.4 is 0 Å². The fourth-order valence-electron chi connectivity index (χ4n) is 1.48. The zero-order chi connectivity index (χ0) is 10.1. The highest BCUT2D eigenvalue weighted by molar-refractivity contribution is 7.10. The summed E-state index contributed by atoms with van der Waals surface area (Å²) in [5, 5.41) is 12.1. The molecular formula is C11H12O2S. The lowest BCUT2D eigenvalue weighted by Crippen LogP contribution is -1.98. The maximum Gasteiger partial charge on any atom is 0.117 e. The summed E-state index contributed by atoms with van der Waals surface area (Å²) in [4.78, 5) is 0.995. The van der Waals surface area contributed by atoms with Gasteiger partial charge in [-0.2, -0.15) is 0 Å². The van der Waals surface area contributed by atoms with Crippen LogP contribution in [-0.2, 0) is 0 Å². The average molecular weight is 208 g/mol. The number of hydrogen-bond donors (Lipinski definition) is 1. The molecule has 14 heavy (non-hydrogen) atoms. The summed E-state index contributed by atoms with van der Waals surface area (Å²) < 4.78 is 5.17. The second kappa shape index (κ2) is 3.59. The molecule has 0 aliphatic heterocycles. The quantitative estimate of drug-likeness (QED) is 0.823. The van der Waals surface area contributed by atoms with Gasteiger partial charge < -0.3 is 9.52 Å². The van der Waals surface area contributed by atoms with E-state index in [9.17, 15) is 5.11 Å². The topological polar surface area (TPSA) is 33.4 Å². The van der Waals surface area contributed by atoms with E-state index in [0.717, 1.165) is 21.8 Å². The Balaban J connectivity index is 2.38. The van der Waals surface area contributed by atoms with Crippen molar-refractivity contribution in [2.45, 2.75) is 20.0 Å². The van der Waals surface area contributed by atoms with Crippen molar-refractivity contribution in [3.8, 4) is 0 Å². The van der Waals surface area contributed by atoms with Crippen molar-refractivity contribution in [2.24, 2.45) is 0 Å². The van der Waals surface area contributed by atoms with E-state index < -0.39 is 6.10 Å². The third kappa shape index (κ3) is 1.49. The van der Waals surface area contributed by atoms with Gasteiger partial charge in [0.1, 0.15) is 11.9 Å². The molecule has 2 rings (SSSR count). The molecule has 0 aliphatic carbocycles. The van der Waals surface area contributed by atoms with E-state index in [2.05, 4.69) is 0 Å².